The molecule has 10 rings (SSSR count). The summed E-state index contributed by atoms with van der Waals surface area (Å²) in [5, 5.41) is 2.27. The maximum absolute atomic E-state index is 9.37. The van der Waals surface area contributed by atoms with E-state index in [9.17, 15) is 5.48 Å². The summed E-state index contributed by atoms with van der Waals surface area (Å²) in [6.07, 6.45) is 1.90. The standard InChI is InChI=1S/C63H64N4/c1-60(2,3)44-32-33-64-58(40-44)67-54-27-19-18-26-50(54)51-31-30-45(39-57(51)67)63(10,11)48-34-46(61(4,5)6)35-49(36-48)65-41-66(56-29-21-20-28-55(56)65)59-52(42-22-14-12-15-23-42)37-47(62(7,8)9)38-53(59)43-24-16-13-17-25-43/h12-40H,41H2,1-11H3/i12D,13D,14D,15D,16D,17D,22D,23D,24D,25D. The van der Waals surface area contributed by atoms with E-state index in [0.717, 1.165) is 55.7 Å². The first-order valence-electron chi connectivity index (χ1n) is 28.2. The van der Waals surface area contributed by atoms with Crippen molar-refractivity contribution in [1.82, 2.24) is 9.55 Å². The number of hydrogen-bond acceptors (Lipinski definition) is 3. The summed E-state index contributed by atoms with van der Waals surface area (Å²) in [6.45, 7) is 23.8. The minimum absolute atomic E-state index is 0.0610. The molecule has 0 aliphatic carbocycles. The number of benzene rings is 7. The monoisotopic (exact) mass is 887 g/mol. The number of nitrogens with zero attached hydrogens (tertiary/aromatic N) is 4. The second-order valence-electron chi connectivity index (χ2n) is 21.5. The maximum Gasteiger partial charge on any atom is 0.137 e. The summed E-state index contributed by atoms with van der Waals surface area (Å²) in [4.78, 5) is 9.15. The fraction of sp³-hybridized carbons (Fsp3) is 0.254. The lowest BCUT2D eigenvalue weighted by molar-refractivity contribution is 0.582. The topological polar surface area (TPSA) is 24.3 Å². The Kier molecular flexibility index (Phi) is 8.09. The van der Waals surface area contributed by atoms with Gasteiger partial charge in [0.1, 0.15) is 12.5 Å². The van der Waals surface area contributed by atoms with E-state index < -0.39 is 71.3 Å². The lowest BCUT2D eigenvalue weighted by Gasteiger charge is -2.32. The lowest BCUT2D eigenvalue weighted by atomic mass is 9.75. The molecule has 7 aromatic carbocycles. The van der Waals surface area contributed by atoms with E-state index in [4.69, 9.17) is 13.2 Å². The van der Waals surface area contributed by atoms with Crippen LogP contribution in [0.3, 0.4) is 0 Å². The van der Waals surface area contributed by atoms with Gasteiger partial charge in [-0.2, -0.15) is 0 Å². The molecule has 67 heavy (non-hydrogen) atoms. The van der Waals surface area contributed by atoms with E-state index >= 15 is 0 Å². The fourth-order valence-electron chi connectivity index (χ4n) is 9.48. The zero-order valence-electron chi connectivity index (χ0n) is 50.5. The van der Waals surface area contributed by atoms with Crippen LogP contribution in [0.15, 0.2) is 176 Å². The third-order valence-electron chi connectivity index (χ3n) is 13.6. The van der Waals surface area contributed by atoms with Crippen molar-refractivity contribution in [3.8, 4) is 28.1 Å². The van der Waals surface area contributed by atoms with E-state index in [1.54, 1.807) is 0 Å². The van der Waals surface area contributed by atoms with E-state index in [0.29, 0.717) is 16.9 Å². The number of anilines is 4. The number of aromatic nitrogens is 2. The molecule has 9 aromatic rings. The number of para-hydroxylation sites is 3. The van der Waals surface area contributed by atoms with E-state index in [1.807, 2.05) is 68.3 Å². The highest BCUT2D eigenvalue weighted by atomic mass is 15.4. The molecular weight excluding hydrogens is 813 g/mol. The Morgan fingerprint density at radius 3 is 1.61 bits per heavy atom. The van der Waals surface area contributed by atoms with E-state index in [1.165, 1.54) is 5.56 Å². The van der Waals surface area contributed by atoms with Crippen molar-refractivity contribution in [2.24, 2.45) is 0 Å². The lowest BCUT2D eigenvalue weighted by Crippen LogP contribution is -2.27. The van der Waals surface area contributed by atoms with Gasteiger partial charge in [-0.1, -0.05) is 185 Å². The fourth-order valence-corrected chi connectivity index (χ4v) is 9.48. The Balaban J connectivity index is 1.21. The number of pyridine rings is 1. The van der Waals surface area contributed by atoms with Gasteiger partial charge >= 0.3 is 0 Å². The Morgan fingerprint density at radius 2 is 1.00 bits per heavy atom. The molecule has 0 bridgehead atoms. The first-order valence-corrected chi connectivity index (χ1v) is 23.2. The molecule has 0 amide bonds. The largest absolute Gasteiger partial charge is 0.321 e. The molecule has 1 aliphatic rings. The van der Waals surface area contributed by atoms with Gasteiger partial charge < -0.3 is 9.80 Å². The van der Waals surface area contributed by atoms with Crippen molar-refractivity contribution in [3.05, 3.63) is 204 Å². The Bertz CT molecular complexity index is 3760. The predicted octanol–water partition coefficient (Wildman–Crippen LogP) is 17.0. The molecule has 3 heterocycles. The van der Waals surface area contributed by atoms with Crippen molar-refractivity contribution in [2.45, 2.75) is 97.8 Å². The molecule has 1 aliphatic heterocycles. The van der Waals surface area contributed by atoms with Crippen LogP contribution in [0, 0.1) is 0 Å². The highest BCUT2D eigenvalue weighted by Crippen LogP contribution is 2.52. The SMILES string of the molecule is [2H]c1c([2H])c([2H])c(-c2cc(C(C)(C)C)cc(-c3c([2H])c([2H])c([2H])c([2H])c3[2H])c2N2CN(c3cc(C(C)(C)C)cc(C(C)(C)c4ccc5c6ccccc6n(-c6cc(C(C)(C)C)ccn6)c5c4)c3)c3ccccc32)c([2H])c1[2H]. The smallest absolute Gasteiger partial charge is 0.137 e. The molecule has 0 spiro atoms. The summed E-state index contributed by atoms with van der Waals surface area (Å²) in [7, 11) is 0. The van der Waals surface area contributed by atoms with Crippen LogP contribution < -0.4 is 9.80 Å². The van der Waals surface area contributed by atoms with Gasteiger partial charge in [0.15, 0.2) is 0 Å². The van der Waals surface area contributed by atoms with Crippen LogP contribution in [-0.2, 0) is 21.7 Å². The maximum atomic E-state index is 9.37. The van der Waals surface area contributed by atoms with Crippen LogP contribution in [0.25, 0.3) is 49.9 Å². The van der Waals surface area contributed by atoms with Gasteiger partial charge in [-0.25, -0.2) is 4.98 Å². The molecule has 4 heteroatoms. The van der Waals surface area contributed by atoms with Crippen LogP contribution in [0.4, 0.5) is 22.7 Å². The minimum Gasteiger partial charge on any atom is -0.321 e. The van der Waals surface area contributed by atoms with Gasteiger partial charge in [-0.05, 0) is 116 Å². The first kappa shape index (κ1) is 33.5. The minimum atomic E-state index is -0.608. The highest BCUT2D eigenvalue weighted by molar-refractivity contribution is 6.09. The zero-order chi connectivity index (χ0) is 55.7. The molecule has 0 atom stereocenters. The molecular formula is C63H64N4. The van der Waals surface area contributed by atoms with Crippen molar-refractivity contribution < 1.29 is 13.7 Å². The van der Waals surface area contributed by atoms with Crippen LogP contribution in [0.5, 0.6) is 0 Å². The van der Waals surface area contributed by atoms with Gasteiger partial charge in [0.2, 0.25) is 0 Å². The summed E-state index contributed by atoms with van der Waals surface area (Å²) in [5.41, 5.74) is 8.87. The Hall–Kier alpha value is -6.91. The number of rotatable bonds is 7. The second-order valence-corrected chi connectivity index (χ2v) is 21.5. The predicted molar refractivity (Wildman–Crippen MR) is 286 cm³/mol. The normalized spacial score (nSPS) is 15.6. The van der Waals surface area contributed by atoms with Crippen molar-refractivity contribution in [2.75, 3.05) is 16.5 Å². The summed E-state index contributed by atoms with van der Waals surface area (Å²) < 4.78 is 92.3. The quantitative estimate of drug-likeness (QED) is 0.159. The molecule has 0 saturated heterocycles. The first-order chi connectivity index (χ1) is 36.0. The molecule has 4 nitrogen and oxygen atoms in total. The third-order valence-corrected chi connectivity index (χ3v) is 13.6. The van der Waals surface area contributed by atoms with Gasteiger partial charge in [0.25, 0.3) is 0 Å². The summed E-state index contributed by atoms with van der Waals surface area (Å²) >= 11 is 0. The zero-order valence-corrected chi connectivity index (χ0v) is 40.5. The molecule has 0 radical (unpaired) electrons. The van der Waals surface area contributed by atoms with Gasteiger partial charge in [0, 0.05) is 39.2 Å². The average Bonchev–Trinajstić information content (AvgIpc) is 4.02. The molecule has 0 N–H and O–H groups in total. The number of hydrogen-bond donors (Lipinski definition) is 0. The second kappa shape index (κ2) is 16.2. The highest BCUT2D eigenvalue weighted by Gasteiger charge is 2.35. The Labute approximate surface area is 412 Å². The van der Waals surface area contributed by atoms with Crippen LogP contribution >= 0.6 is 0 Å². The molecule has 2 aromatic heterocycles. The van der Waals surface area contributed by atoms with E-state index in [-0.39, 0.29) is 39.8 Å². The van der Waals surface area contributed by atoms with Gasteiger partial charge in [-0.15, -0.1) is 0 Å². The van der Waals surface area contributed by atoms with Crippen LogP contribution in [0.1, 0.15) is 118 Å². The van der Waals surface area contributed by atoms with Crippen molar-refractivity contribution >= 4 is 44.6 Å². The van der Waals surface area contributed by atoms with Gasteiger partial charge in [0.05, 0.1) is 41.8 Å². The molecule has 336 valence electrons. The summed E-state index contributed by atoms with van der Waals surface area (Å²) in [6, 6.07) is 33.0. The van der Waals surface area contributed by atoms with Crippen molar-refractivity contribution in [3.63, 3.8) is 0 Å². The summed E-state index contributed by atoms with van der Waals surface area (Å²) in [5.74, 6) is 0.852. The van der Waals surface area contributed by atoms with Crippen LogP contribution in [0.2, 0.25) is 0 Å². The number of fused-ring (bicyclic) bond motifs is 4. The Morgan fingerprint density at radius 1 is 0.463 bits per heavy atom. The molecule has 0 saturated carbocycles. The van der Waals surface area contributed by atoms with E-state index in [2.05, 4.69) is 138 Å². The van der Waals surface area contributed by atoms with Gasteiger partial charge in [-0.3, -0.25) is 4.57 Å². The van der Waals surface area contributed by atoms with Crippen LogP contribution in [-0.4, -0.2) is 16.2 Å². The third kappa shape index (κ3) is 7.90. The van der Waals surface area contributed by atoms with Crippen molar-refractivity contribution in [1.29, 1.82) is 0 Å². The molecule has 0 fully saturated rings. The molecule has 0 unspecified atom stereocenters. The average molecular weight is 887 g/mol.